The molecule has 1 aliphatic carbocycles. The smallest absolute Gasteiger partial charge is 0.237 e. The highest BCUT2D eigenvalue weighted by molar-refractivity contribution is 5.79. The van der Waals surface area contributed by atoms with E-state index >= 15 is 0 Å². The van der Waals surface area contributed by atoms with Crippen LogP contribution in [0.5, 0.6) is 0 Å². The largest absolute Gasteiger partial charge is 0.337 e. The SMILES string of the molecule is CNCCN1CCN(C2CC2)C(=O)C1. The molecular formula is C10H19N3O. The molecule has 1 amide bonds. The lowest BCUT2D eigenvalue weighted by Gasteiger charge is -2.34. The van der Waals surface area contributed by atoms with Gasteiger partial charge in [-0.3, -0.25) is 9.69 Å². The summed E-state index contributed by atoms with van der Waals surface area (Å²) in [7, 11) is 1.95. The van der Waals surface area contributed by atoms with Gasteiger partial charge in [-0.2, -0.15) is 0 Å². The molecule has 80 valence electrons. The van der Waals surface area contributed by atoms with Gasteiger partial charge < -0.3 is 10.2 Å². The maximum Gasteiger partial charge on any atom is 0.237 e. The number of carbonyl (C=O) groups excluding carboxylic acids is 1. The molecule has 0 unspecified atom stereocenters. The van der Waals surface area contributed by atoms with E-state index in [9.17, 15) is 4.79 Å². The fourth-order valence-corrected chi connectivity index (χ4v) is 1.97. The molecule has 1 N–H and O–H groups in total. The fraction of sp³-hybridized carbons (Fsp3) is 0.900. The third-order valence-corrected chi connectivity index (χ3v) is 3.00. The van der Waals surface area contributed by atoms with E-state index in [2.05, 4.69) is 15.1 Å². The molecule has 1 saturated carbocycles. The second-order valence-corrected chi connectivity index (χ2v) is 4.20. The van der Waals surface area contributed by atoms with Crippen molar-refractivity contribution in [1.82, 2.24) is 15.1 Å². The van der Waals surface area contributed by atoms with Crippen LogP contribution in [0.25, 0.3) is 0 Å². The molecule has 4 nitrogen and oxygen atoms in total. The number of nitrogens with zero attached hydrogens (tertiary/aromatic N) is 2. The van der Waals surface area contributed by atoms with Gasteiger partial charge in [0.05, 0.1) is 6.54 Å². The topological polar surface area (TPSA) is 35.6 Å². The summed E-state index contributed by atoms with van der Waals surface area (Å²) in [5, 5.41) is 3.11. The Bertz CT molecular complexity index is 215. The molecule has 0 spiro atoms. The van der Waals surface area contributed by atoms with Crippen LogP contribution >= 0.6 is 0 Å². The minimum atomic E-state index is 0.329. The van der Waals surface area contributed by atoms with Crippen molar-refractivity contribution in [1.29, 1.82) is 0 Å². The van der Waals surface area contributed by atoms with E-state index in [1.54, 1.807) is 0 Å². The number of hydrogen-bond donors (Lipinski definition) is 1. The third kappa shape index (κ3) is 2.25. The van der Waals surface area contributed by atoms with E-state index in [0.29, 0.717) is 18.5 Å². The van der Waals surface area contributed by atoms with Crippen LogP contribution in [-0.4, -0.2) is 61.5 Å². The Hall–Kier alpha value is -0.610. The Morgan fingerprint density at radius 3 is 2.79 bits per heavy atom. The Kier molecular flexibility index (Phi) is 3.03. The van der Waals surface area contributed by atoms with Crippen LogP contribution in [0.15, 0.2) is 0 Å². The average Bonchev–Trinajstić information content (AvgIpc) is 2.98. The first-order chi connectivity index (χ1) is 6.81. The maximum atomic E-state index is 11.7. The molecule has 2 fully saturated rings. The van der Waals surface area contributed by atoms with Gasteiger partial charge in [0.25, 0.3) is 0 Å². The highest BCUT2D eigenvalue weighted by Crippen LogP contribution is 2.27. The van der Waals surface area contributed by atoms with Gasteiger partial charge in [-0.15, -0.1) is 0 Å². The lowest BCUT2D eigenvalue weighted by Crippen LogP contribution is -2.52. The van der Waals surface area contributed by atoms with E-state index in [-0.39, 0.29) is 0 Å². The summed E-state index contributed by atoms with van der Waals surface area (Å²) in [5.41, 5.74) is 0. The summed E-state index contributed by atoms with van der Waals surface area (Å²) in [5.74, 6) is 0.329. The summed E-state index contributed by atoms with van der Waals surface area (Å²) < 4.78 is 0. The van der Waals surface area contributed by atoms with Crippen LogP contribution in [-0.2, 0) is 4.79 Å². The molecule has 14 heavy (non-hydrogen) atoms. The number of nitrogens with one attached hydrogen (secondary N) is 1. The molecule has 2 aliphatic rings. The predicted molar refractivity (Wildman–Crippen MR) is 55.1 cm³/mol. The number of likely N-dealkylation sites (N-methyl/N-ethyl adjacent to an activating group) is 1. The second-order valence-electron chi connectivity index (χ2n) is 4.20. The molecule has 0 aromatic rings. The molecule has 1 aliphatic heterocycles. The maximum absolute atomic E-state index is 11.7. The van der Waals surface area contributed by atoms with Crippen molar-refractivity contribution in [3.63, 3.8) is 0 Å². The summed E-state index contributed by atoms with van der Waals surface area (Å²) in [6.45, 7) is 4.56. The van der Waals surface area contributed by atoms with Gasteiger partial charge in [0, 0.05) is 32.2 Å². The predicted octanol–water partition coefficient (Wildman–Crippen LogP) is -0.488. The van der Waals surface area contributed by atoms with Crippen molar-refractivity contribution in [2.24, 2.45) is 0 Å². The van der Waals surface area contributed by atoms with Crippen molar-refractivity contribution in [3.8, 4) is 0 Å². The highest BCUT2D eigenvalue weighted by Gasteiger charge is 2.35. The minimum Gasteiger partial charge on any atom is -0.337 e. The average molecular weight is 197 g/mol. The molecule has 0 aromatic carbocycles. The van der Waals surface area contributed by atoms with E-state index in [1.807, 2.05) is 7.05 Å². The quantitative estimate of drug-likeness (QED) is 0.661. The van der Waals surface area contributed by atoms with E-state index in [4.69, 9.17) is 0 Å². The van der Waals surface area contributed by atoms with Crippen molar-refractivity contribution >= 4 is 5.91 Å². The zero-order chi connectivity index (χ0) is 9.97. The van der Waals surface area contributed by atoms with Crippen LogP contribution < -0.4 is 5.32 Å². The molecule has 1 saturated heterocycles. The summed E-state index contributed by atoms with van der Waals surface area (Å²) >= 11 is 0. The summed E-state index contributed by atoms with van der Waals surface area (Å²) in [4.78, 5) is 16.0. The fourth-order valence-electron chi connectivity index (χ4n) is 1.97. The lowest BCUT2D eigenvalue weighted by atomic mass is 10.3. The van der Waals surface area contributed by atoms with Gasteiger partial charge in [0.1, 0.15) is 0 Å². The first kappa shape index (κ1) is 9.93. The number of hydrogen-bond acceptors (Lipinski definition) is 3. The van der Waals surface area contributed by atoms with Crippen LogP contribution in [0.1, 0.15) is 12.8 Å². The molecule has 4 heteroatoms. The molecule has 0 radical (unpaired) electrons. The summed E-state index contributed by atoms with van der Waals surface area (Å²) in [6, 6.07) is 0.592. The van der Waals surface area contributed by atoms with Gasteiger partial charge in [0.2, 0.25) is 5.91 Å². The van der Waals surface area contributed by atoms with Gasteiger partial charge in [-0.25, -0.2) is 0 Å². The number of amides is 1. The number of carbonyl (C=O) groups is 1. The highest BCUT2D eigenvalue weighted by atomic mass is 16.2. The van der Waals surface area contributed by atoms with E-state index in [0.717, 1.165) is 26.2 Å². The standard InChI is InChI=1S/C10H19N3O/c1-11-4-5-12-6-7-13(9-2-3-9)10(14)8-12/h9,11H,2-8H2,1H3. The minimum absolute atomic E-state index is 0.329. The third-order valence-electron chi connectivity index (χ3n) is 3.00. The van der Waals surface area contributed by atoms with Crippen molar-refractivity contribution in [3.05, 3.63) is 0 Å². The molecular weight excluding hydrogens is 178 g/mol. The van der Waals surface area contributed by atoms with Crippen molar-refractivity contribution in [2.75, 3.05) is 39.8 Å². The first-order valence-electron chi connectivity index (χ1n) is 5.47. The van der Waals surface area contributed by atoms with Crippen LogP contribution in [0.2, 0.25) is 0 Å². The molecule has 0 bridgehead atoms. The first-order valence-corrected chi connectivity index (χ1v) is 5.47. The van der Waals surface area contributed by atoms with Gasteiger partial charge >= 0.3 is 0 Å². The molecule has 1 heterocycles. The van der Waals surface area contributed by atoms with E-state index in [1.165, 1.54) is 12.8 Å². The molecule has 0 aromatic heterocycles. The number of piperazine rings is 1. The van der Waals surface area contributed by atoms with Gasteiger partial charge in [0.15, 0.2) is 0 Å². The Morgan fingerprint density at radius 1 is 1.43 bits per heavy atom. The Morgan fingerprint density at radius 2 is 2.21 bits per heavy atom. The molecule has 0 atom stereocenters. The van der Waals surface area contributed by atoms with Crippen LogP contribution in [0.4, 0.5) is 0 Å². The zero-order valence-corrected chi connectivity index (χ0v) is 8.83. The van der Waals surface area contributed by atoms with Crippen LogP contribution in [0, 0.1) is 0 Å². The lowest BCUT2D eigenvalue weighted by molar-refractivity contribution is -0.136. The van der Waals surface area contributed by atoms with Gasteiger partial charge in [-0.05, 0) is 19.9 Å². The Balaban J connectivity index is 1.77. The van der Waals surface area contributed by atoms with Crippen molar-refractivity contribution < 1.29 is 4.79 Å². The van der Waals surface area contributed by atoms with Crippen LogP contribution in [0.3, 0.4) is 0 Å². The number of rotatable bonds is 4. The Labute approximate surface area is 85.2 Å². The zero-order valence-electron chi connectivity index (χ0n) is 8.83. The van der Waals surface area contributed by atoms with Gasteiger partial charge in [-0.1, -0.05) is 0 Å². The second kappa shape index (κ2) is 4.28. The monoisotopic (exact) mass is 197 g/mol. The molecule has 2 rings (SSSR count). The van der Waals surface area contributed by atoms with E-state index < -0.39 is 0 Å². The summed E-state index contributed by atoms with van der Waals surface area (Å²) in [6.07, 6.45) is 2.45. The van der Waals surface area contributed by atoms with Crippen molar-refractivity contribution in [2.45, 2.75) is 18.9 Å². The normalized spacial score (nSPS) is 24.4.